The van der Waals surface area contributed by atoms with Crippen molar-refractivity contribution in [1.29, 1.82) is 0 Å². The number of ether oxygens (including phenoxy) is 1. The molecule has 1 aliphatic heterocycles. The third kappa shape index (κ3) is 4.87. The second kappa shape index (κ2) is 10.0. The number of nitrogens with zero attached hydrogens (tertiary/aromatic N) is 3. The molecule has 0 radical (unpaired) electrons. The molecule has 0 unspecified atom stereocenters. The number of rotatable bonds is 7. The molecule has 1 saturated heterocycles. The van der Waals surface area contributed by atoms with Crippen LogP contribution in [0.25, 0.3) is 22.3 Å². The number of fused-ring (bicyclic) bond motifs is 1. The minimum atomic E-state index is -1.49. The van der Waals surface area contributed by atoms with Gasteiger partial charge in [-0.3, -0.25) is 9.59 Å². The number of aliphatic hydroxyl groups is 1. The van der Waals surface area contributed by atoms with Gasteiger partial charge in [-0.05, 0) is 50.7 Å². The first-order chi connectivity index (χ1) is 17.8. The van der Waals surface area contributed by atoms with Gasteiger partial charge in [-0.1, -0.05) is 6.07 Å². The highest BCUT2D eigenvalue weighted by molar-refractivity contribution is 6.09. The SMILES string of the molecule is Cc1ccc(OCC2CC2)c(-c2ncnc3c(C(=O)N[C@@H]4CCN(C(=O)CO)C[C@H]4F)c(C)[nH]c23)c1F. The molecule has 2 aromatic heterocycles. The number of carbonyl (C=O) groups excluding carboxylic acids is 2. The zero-order valence-electron chi connectivity index (χ0n) is 20.7. The molecule has 2 amide bonds. The number of halogens is 2. The number of hydrogen-bond donors (Lipinski definition) is 3. The van der Waals surface area contributed by atoms with Crippen molar-refractivity contribution in [3.8, 4) is 17.0 Å². The Kier molecular flexibility index (Phi) is 6.80. The fourth-order valence-electron chi connectivity index (χ4n) is 4.72. The van der Waals surface area contributed by atoms with Crippen LogP contribution in [-0.4, -0.2) is 75.3 Å². The number of carbonyl (C=O) groups is 2. The monoisotopic (exact) mass is 513 g/mol. The van der Waals surface area contributed by atoms with Crippen LogP contribution in [-0.2, 0) is 4.79 Å². The van der Waals surface area contributed by atoms with Crippen LogP contribution in [0.5, 0.6) is 5.75 Å². The van der Waals surface area contributed by atoms with Gasteiger partial charge in [-0.15, -0.1) is 0 Å². The van der Waals surface area contributed by atoms with Crippen LogP contribution in [0.2, 0.25) is 0 Å². The van der Waals surface area contributed by atoms with E-state index >= 15 is 4.39 Å². The summed E-state index contributed by atoms with van der Waals surface area (Å²) in [5, 5.41) is 11.7. The molecular weight excluding hydrogens is 484 g/mol. The Bertz CT molecular complexity index is 1360. The minimum Gasteiger partial charge on any atom is -0.492 e. The summed E-state index contributed by atoms with van der Waals surface area (Å²) in [4.78, 5) is 37.9. The summed E-state index contributed by atoms with van der Waals surface area (Å²) in [7, 11) is 0. The fourth-order valence-corrected chi connectivity index (χ4v) is 4.72. The van der Waals surface area contributed by atoms with Gasteiger partial charge in [0.2, 0.25) is 5.91 Å². The number of aromatic amines is 1. The third-order valence-electron chi connectivity index (χ3n) is 7.05. The molecule has 0 spiro atoms. The second-order valence-corrected chi connectivity index (χ2v) is 9.78. The molecule has 196 valence electrons. The van der Waals surface area contributed by atoms with Crippen molar-refractivity contribution in [3.63, 3.8) is 0 Å². The van der Waals surface area contributed by atoms with Crippen molar-refractivity contribution in [2.75, 3.05) is 26.3 Å². The summed E-state index contributed by atoms with van der Waals surface area (Å²) < 4.78 is 36.2. The normalized spacial score (nSPS) is 19.8. The minimum absolute atomic E-state index is 0.200. The van der Waals surface area contributed by atoms with Gasteiger partial charge in [0, 0.05) is 12.2 Å². The van der Waals surface area contributed by atoms with E-state index in [1.54, 1.807) is 26.0 Å². The van der Waals surface area contributed by atoms with Crippen LogP contribution in [0.3, 0.4) is 0 Å². The lowest BCUT2D eigenvalue weighted by Crippen LogP contribution is -2.54. The Hall–Kier alpha value is -3.60. The van der Waals surface area contributed by atoms with Crippen molar-refractivity contribution in [2.45, 2.75) is 45.3 Å². The largest absolute Gasteiger partial charge is 0.492 e. The van der Waals surface area contributed by atoms with Gasteiger partial charge < -0.3 is 25.0 Å². The average Bonchev–Trinajstić information content (AvgIpc) is 3.65. The van der Waals surface area contributed by atoms with Crippen molar-refractivity contribution in [3.05, 3.63) is 41.1 Å². The summed E-state index contributed by atoms with van der Waals surface area (Å²) in [6, 6.07) is 2.57. The first-order valence-electron chi connectivity index (χ1n) is 12.4. The second-order valence-electron chi connectivity index (χ2n) is 9.78. The molecule has 2 aliphatic rings. The summed E-state index contributed by atoms with van der Waals surface area (Å²) >= 11 is 0. The number of aromatic nitrogens is 3. The highest BCUT2D eigenvalue weighted by Gasteiger charge is 2.34. The van der Waals surface area contributed by atoms with E-state index in [9.17, 15) is 14.0 Å². The molecule has 1 aliphatic carbocycles. The third-order valence-corrected chi connectivity index (χ3v) is 7.05. The number of amides is 2. The van der Waals surface area contributed by atoms with Gasteiger partial charge in [-0.2, -0.15) is 0 Å². The Labute approximate surface area is 212 Å². The Morgan fingerprint density at radius 2 is 2.03 bits per heavy atom. The van der Waals surface area contributed by atoms with Crippen molar-refractivity contribution >= 4 is 22.8 Å². The predicted molar refractivity (Wildman–Crippen MR) is 131 cm³/mol. The summed E-state index contributed by atoms with van der Waals surface area (Å²) in [5.41, 5.74) is 2.27. The molecule has 1 aromatic carbocycles. The Morgan fingerprint density at radius 1 is 1.24 bits per heavy atom. The number of piperidine rings is 1. The lowest BCUT2D eigenvalue weighted by Gasteiger charge is -2.34. The number of H-pyrrole nitrogens is 1. The fraction of sp³-hybridized carbons (Fsp3) is 0.462. The van der Waals surface area contributed by atoms with Crippen molar-refractivity contribution < 1.29 is 28.2 Å². The maximum absolute atomic E-state index is 15.4. The predicted octanol–water partition coefficient (Wildman–Crippen LogP) is 2.83. The number of alkyl halides is 1. The lowest BCUT2D eigenvalue weighted by molar-refractivity contribution is -0.136. The van der Waals surface area contributed by atoms with Gasteiger partial charge in [-0.25, -0.2) is 18.7 Å². The highest BCUT2D eigenvalue weighted by Crippen LogP contribution is 2.39. The standard InChI is InChI=1S/C26H29F2N5O4/c1-13-3-6-18(37-11-15-4-5-15)21(22(13)28)24-25-23(29-12-30-24)20(14(2)31-25)26(36)32-17-7-8-33(9-16(17)27)19(35)10-34/h3,6,12,15-17,31,34H,4-5,7-11H2,1-2H3,(H,32,36)/t16-,17-/m1/s1. The number of nitrogens with one attached hydrogen (secondary N) is 2. The molecule has 3 aromatic rings. The van der Waals surface area contributed by atoms with Crippen LogP contribution in [0, 0.1) is 25.6 Å². The van der Waals surface area contributed by atoms with E-state index in [1.165, 1.54) is 11.2 Å². The summed E-state index contributed by atoms with van der Waals surface area (Å²) in [6.45, 7) is 3.17. The van der Waals surface area contributed by atoms with Crippen LogP contribution in [0.1, 0.15) is 40.9 Å². The summed E-state index contributed by atoms with van der Waals surface area (Å²) in [6.07, 6.45) is 2.16. The van der Waals surface area contributed by atoms with E-state index in [2.05, 4.69) is 20.3 Å². The van der Waals surface area contributed by atoms with Gasteiger partial charge in [0.15, 0.2) is 0 Å². The summed E-state index contributed by atoms with van der Waals surface area (Å²) in [5.74, 6) is -0.696. The zero-order valence-corrected chi connectivity index (χ0v) is 20.7. The zero-order chi connectivity index (χ0) is 26.3. The van der Waals surface area contributed by atoms with Gasteiger partial charge in [0.1, 0.15) is 41.9 Å². The number of benzene rings is 1. The first-order valence-corrected chi connectivity index (χ1v) is 12.4. The molecule has 11 heteroatoms. The van der Waals surface area contributed by atoms with Crippen molar-refractivity contribution in [2.24, 2.45) is 5.92 Å². The van der Waals surface area contributed by atoms with Gasteiger partial charge >= 0.3 is 0 Å². The molecule has 37 heavy (non-hydrogen) atoms. The highest BCUT2D eigenvalue weighted by atomic mass is 19.1. The van der Waals surface area contributed by atoms with Gasteiger partial charge in [0.05, 0.1) is 35.8 Å². The van der Waals surface area contributed by atoms with Gasteiger partial charge in [0.25, 0.3) is 5.91 Å². The molecule has 5 rings (SSSR count). The van der Waals surface area contributed by atoms with Crippen molar-refractivity contribution in [1.82, 2.24) is 25.2 Å². The topological polar surface area (TPSA) is 120 Å². The maximum Gasteiger partial charge on any atom is 0.255 e. The van der Waals surface area contributed by atoms with E-state index in [0.717, 1.165) is 12.8 Å². The molecule has 9 nitrogen and oxygen atoms in total. The van der Waals surface area contributed by atoms with E-state index in [-0.39, 0.29) is 41.8 Å². The molecule has 0 bridgehead atoms. The van der Waals surface area contributed by atoms with E-state index < -0.39 is 36.5 Å². The average molecular weight is 514 g/mol. The molecular formula is C26H29F2N5O4. The van der Waals surface area contributed by atoms with Crippen LogP contribution < -0.4 is 10.1 Å². The molecule has 1 saturated carbocycles. The Morgan fingerprint density at radius 3 is 2.73 bits per heavy atom. The van der Waals surface area contributed by atoms with E-state index in [0.29, 0.717) is 35.0 Å². The number of hydrogen-bond acceptors (Lipinski definition) is 6. The number of aryl methyl sites for hydroxylation is 2. The van der Waals surface area contributed by atoms with E-state index in [1.807, 2.05) is 0 Å². The Balaban J connectivity index is 1.45. The van der Waals surface area contributed by atoms with Crippen LogP contribution >= 0.6 is 0 Å². The molecule has 2 atom stereocenters. The van der Waals surface area contributed by atoms with E-state index in [4.69, 9.17) is 9.84 Å². The maximum atomic E-state index is 15.4. The quantitative estimate of drug-likeness (QED) is 0.447. The molecule has 3 N–H and O–H groups in total. The van der Waals surface area contributed by atoms with Crippen LogP contribution in [0.4, 0.5) is 8.78 Å². The first kappa shape index (κ1) is 25.1. The number of likely N-dealkylation sites (tertiary alicyclic amines) is 1. The molecule has 3 heterocycles. The lowest BCUT2D eigenvalue weighted by atomic mass is 10.0. The smallest absolute Gasteiger partial charge is 0.255 e. The number of aliphatic hydroxyl groups excluding tert-OH is 1. The van der Waals surface area contributed by atoms with Crippen LogP contribution in [0.15, 0.2) is 18.5 Å². The molecule has 2 fully saturated rings.